The Bertz CT molecular complexity index is 561. The van der Waals surface area contributed by atoms with Crippen molar-refractivity contribution in [1.82, 2.24) is 5.32 Å². The molecule has 0 fully saturated rings. The van der Waals surface area contributed by atoms with E-state index in [0.717, 1.165) is 0 Å². The van der Waals surface area contributed by atoms with Crippen LogP contribution in [0.2, 0.25) is 0 Å². The number of carboxylic acids is 1. The largest absolute Gasteiger partial charge is 0.478 e. The molecule has 0 aliphatic heterocycles. The zero-order chi connectivity index (χ0) is 16.2. The molecule has 0 radical (unpaired) electrons. The lowest BCUT2D eigenvalue weighted by Crippen LogP contribution is -2.46. The van der Waals surface area contributed by atoms with Gasteiger partial charge in [0.1, 0.15) is 6.04 Å². The van der Waals surface area contributed by atoms with E-state index in [4.69, 9.17) is 5.11 Å². The maximum atomic E-state index is 12.0. The van der Waals surface area contributed by atoms with E-state index in [9.17, 15) is 14.4 Å². The summed E-state index contributed by atoms with van der Waals surface area (Å²) in [6.45, 7) is 6.83. The maximum absolute atomic E-state index is 12.0. The minimum atomic E-state index is -1.07. The first-order valence-corrected chi connectivity index (χ1v) is 6.56. The predicted octanol–water partition coefficient (Wildman–Crippen LogP) is 1.87. The Hall–Kier alpha value is -2.37. The zero-order valence-electron chi connectivity index (χ0n) is 12.6. The lowest BCUT2D eigenvalue weighted by molar-refractivity contribution is -0.131. The van der Waals surface area contributed by atoms with Crippen LogP contribution in [0.15, 0.2) is 24.3 Å². The number of anilines is 1. The molecule has 0 saturated carbocycles. The van der Waals surface area contributed by atoms with Crippen LogP contribution in [0.4, 0.5) is 5.69 Å². The molecule has 0 heterocycles. The van der Waals surface area contributed by atoms with Crippen molar-refractivity contribution >= 4 is 23.5 Å². The van der Waals surface area contributed by atoms with E-state index in [1.54, 1.807) is 33.8 Å². The number of hydrogen-bond acceptors (Lipinski definition) is 3. The van der Waals surface area contributed by atoms with Crippen LogP contribution in [0.25, 0.3) is 0 Å². The fourth-order valence-electron chi connectivity index (χ4n) is 1.46. The monoisotopic (exact) mass is 292 g/mol. The fourth-order valence-corrected chi connectivity index (χ4v) is 1.46. The van der Waals surface area contributed by atoms with Crippen molar-refractivity contribution in [3.8, 4) is 0 Å². The second-order valence-electron chi connectivity index (χ2n) is 5.82. The van der Waals surface area contributed by atoms with Gasteiger partial charge in [-0.1, -0.05) is 26.8 Å². The second kappa shape index (κ2) is 6.39. The maximum Gasteiger partial charge on any atom is 0.335 e. The minimum absolute atomic E-state index is 0.0826. The molecule has 0 aromatic heterocycles. The van der Waals surface area contributed by atoms with Gasteiger partial charge >= 0.3 is 5.97 Å². The lowest BCUT2D eigenvalue weighted by atomic mass is 9.95. The van der Waals surface area contributed by atoms with Crippen molar-refractivity contribution in [3.05, 3.63) is 29.8 Å². The zero-order valence-corrected chi connectivity index (χ0v) is 12.6. The highest BCUT2D eigenvalue weighted by Gasteiger charge is 2.25. The number of carboxylic acid groups (broad SMARTS) is 1. The summed E-state index contributed by atoms with van der Waals surface area (Å²) < 4.78 is 0. The molecule has 114 valence electrons. The Morgan fingerprint density at radius 1 is 1.19 bits per heavy atom. The van der Waals surface area contributed by atoms with Crippen LogP contribution in [-0.2, 0) is 9.59 Å². The smallest absolute Gasteiger partial charge is 0.335 e. The van der Waals surface area contributed by atoms with Gasteiger partial charge in [0.15, 0.2) is 0 Å². The Balaban J connectivity index is 2.71. The summed E-state index contributed by atoms with van der Waals surface area (Å²) in [5.74, 6) is -1.71. The SMILES string of the molecule is CC(NC(=O)C(C)(C)C)C(=O)Nc1cccc(C(=O)O)c1. The summed E-state index contributed by atoms with van der Waals surface area (Å²) in [5.41, 5.74) is -0.131. The number of rotatable bonds is 4. The predicted molar refractivity (Wildman–Crippen MR) is 79.1 cm³/mol. The van der Waals surface area contributed by atoms with E-state index >= 15 is 0 Å². The van der Waals surface area contributed by atoms with E-state index < -0.39 is 23.3 Å². The Labute approximate surface area is 123 Å². The molecule has 6 nitrogen and oxygen atoms in total. The van der Waals surface area contributed by atoms with Gasteiger partial charge in [-0.2, -0.15) is 0 Å². The van der Waals surface area contributed by atoms with Crippen LogP contribution in [0.1, 0.15) is 38.1 Å². The Morgan fingerprint density at radius 3 is 2.33 bits per heavy atom. The van der Waals surface area contributed by atoms with Gasteiger partial charge in [-0.05, 0) is 25.1 Å². The minimum Gasteiger partial charge on any atom is -0.478 e. The molecule has 0 saturated heterocycles. The van der Waals surface area contributed by atoms with Crippen LogP contribution in [0, 0.1) is 5.41 Å². The number of carbonyl (C=O) groups excluding carboxylic acids is 2. The molecule has 0 spiro atoms. The van der Waals surface area contributed by atoms with E-state index in [0.29, 0.717) is 5.69 Å². The van der Waals surface area contributed by atoms with Gasteiger partial charge in [-0.15, -0.1) is 0 Å². The third-order valence-electron chi connectivity index (χ3n) is 2.80. The number of benzene rings is 1. The highest BCUT2D eigenvalue weighted by atomic mass is 16.4. The molecule has 6 heteroatoms. The average Bonchev–Trinajstić information content (AvgIpc) is 2.37. The van der Waals surface area contributed by atoms with Crippen LogP contribution in [0.5, 0.6) is 0 Å². The highest BCUT2D eigenvalue weighted by Crippen LogP contribution is 2.14. The summed E-state index contributed by atoms with van der Waals surface area (Å²) in [6.07, 6.45) is 0. The topological polar surface area (TPSA) is 95.5 Å². The summed E-state index contributed by atoms with van der Waals surface area (Å²) in [7, 11) is 0. The second-order valence-corrected chi connectivity index (χ2v) is 5.82. The van der Waals surface area contributed by atoms with Gasteiger partial charge in [0.25, 0.3) is 0 Å². The van der Waals surface area contributed by atoms with E-state index in [1.165, 1.54) is 18.2 Å². The van der Waals surface area contributed by atoms with E-state index in [1.807, 2.05) is 0 Å². The summed E-state index contributed by atoms with van der Waals surface area (Å²) in [5, 5.41) is 14.1. The first-order chi connectivity index (χ1) is 9.61. The Kier molecular flexibility index (Phi) is 5.07. The lowest BCUT2D eigenvalue weighted by Gasteiger charge is -2.21. The molecule has 2 amide bonds. The summed E-state index contributed by atoms with van der Waals surface area (Å²) in [4.78, 5) is 34.6. The third-order valence-corrected chi connectivity index (χ3v) is 2.80. The number of aromatic carboxylic acids is 1. The number of amides is 2. The quantitative estimate of drug-likeness (QED) is 0.789. The first-order valence-electron chi connectivity index (χ1n) is 6.56. The van der Waals surface area contributed by atoms with Crippen LogP contribution in [-0.4, -0.2) is 28.9 Å². The van der Waals surface area contributed by atoms with Crippen molar-refractivity contribution in [3.63, 3.8) is 0 Å². The number of carbonyl (C=O) groups is 3. The molecule has 1 aromatic rings. The molecule has 1 atom stereocenters. The van der Waals surface area contributed by atoms with Crippen molar-refractivity contribution in [2.24, 2.45) is 5.41 Å². The first kappa shape index (κ1) is 16.7. The Morgan fingerprint density at radius 2 is 1.81 bits per heavy atom. The highest BCUT2D eigenvalue weighted by molar-refractivity contribution is 5.98. The van der Waals surface area contributed by atoms with Gasteiger partial charge < -0.3 is 15.7 Å². The van der Waals surface area contributed by atoms with Crippen molar-refractivity contribution < 1.29 is 19.5 Å². The van der Waals surface area contributed by atoms with Crippen molar-refractivity contribution in [2.75, 3.05) is 5.32 Å². The van der Waals surface area contributed by atoms with Gasteiger partial charge in [-0.3, -0.25) is 9.59 Å². The van der Waals surface area contributed by atoms with Crippen molar-refractivity contribution in [2.45, 2.75) is 33.7 Å². The van der Waals surface area contributed by atoms with Crippen LogP contribution >= 0.6 is 0 Å². The molecular formula is C15H20N2O4. The molecule has 1 rings (SSSR count). The fraction of sp³-hybridized carbons (Fsp3) is 0.400. The van der Waals surface area contributed by atoms with Crippen LogP contribution < -0.4 is 10.6 Å². The number of hydrogen-bond donors (Lipinski definition) is 3. The van der Waals surface area contributed by atoms with E-state index in [-0.39, 0.29) is 11.5 Å². The molecule has 0 aliphatic rings. The normalized spacial score (nSPS) is 12.4. The van der Waals surface area contributed by atoms with Crippen molar-refractivity contribution in [1.29, 1.82) is 0 Å². The summed E-state index contributed by atoms with van der Waals surface area (Å²) >= 11 is 0. The average molecular weight is 292 g/mol. The molecule has 1 aromatic carbocycles. The third kappa shape index (κ3) is 4.91. The van der Waals surface area contributed by atoms with Gasteiger partial charge in [-0.25, -0.2) is 4.79 Å². The van der Waals surface area contributed by atoms with Crippen LogP contribution in [0.3, 0.4) is 0 Å². The standard InChI is InChI=1S/C15H20N2O4/c1-9(16-14(21)15(2,3)4)12(18)17-11-7-5-6-10(8-11)13(19)20/h5-9H,1-4H3,(H,16,21)(H,17,18)(H,19,20). The molecule has 21 heavy (non-hydrogen) atoms. The van der Waals surface area contributed by atoms with Gasteiger partial charge in [0, 0.05) is 11.1 Å². The van der Waals surface area contributed by atoms with E-state index in [2.05, 4.69) is 10.6 Å². The van der Waals surface area contributed by atoms with Gasteiger partial charge in [0.05, 0.1) is 5.56 Å². The summed E-state index contributed by atoms with van der Waals surface area (Å²) in [6, 6.07) is 5.20. The molecule has 1 unspecified atom stereocenters. The molecule has 0 bridgehead atoms. The number of nitrogens with one attached hydrogen (secondary N) is 2. The molecule has 3 N–H and O–H groups in total. The molecule has 0 aliphatic carbocycles. The molecular weight excluding hydrogens is 272 g/mol. The van der Waals surface area contributed by atoms with Gasteiger partial charge in [0.2, 0.25) is 11.8 Å².